The number of carbonyl (C=O) groups excluding carboxylic acids is 1. The van der Waals surface area contributed by atoms with E-state index in [1.54, 1.807) is 0 Å². The van der Waals surface area contributed by atoms with Gasteiger partial charge in [0.15, 0.2) is 5.78 Å². The summed E-state index contributed by atoms with van der Waals surface area (Å²) in [7, 11) is 0. The van der Waals surface area contributed by atoms with Crippen molar-refractivity contribution in [2.75, 3.05) is 13.1 Å². The summed E-state index contributed by atoms with van der Waals surface area (Å²) >= 11 is 0. The lowest BCUT2D eigenvalue weighted by atomic mass is 9.83. The molecule has 0 fully saturated rings. The first-order chi connectivity index (χ1) is 9.22. The fourth-order valence-electron chi connectivity index (χ4n) is 2.25. The van der Waals surface area contributed by atoms with Gasteiger partial charge in [0.1, 0.15) is 5.76 Å². The molecular formula is C15H18N2O2. The molecule has 3 N–H and O–H groups in total. The zero-order valence-corrected chi connectivity index (χ0v) is 10.7. The van der Waals surface area contributed by atoms with Crippen LogP contribution < -0.4 is 5.73 Å². The molecule has 0 saturated heterocycles. The quantitative estimate of drug-likeness (QED) is 0.811. The van der Waals surface area contributed by atoms with Crippen LogP contribution in [0.25, 0.3) is 0 Å². The molecule has 4 nitrogen and oxygen atoms in total. The van der Waals surface area contributed by atoms with Gasteiger partial charge in [-0.15, -0.1) is 0 Å². The molecule has 0 radical (unpaired) electrons. The summed E-state index contributed by atoms with van der Waals surface area (Å²) in [5, 5.41) is 10.0. The first-order valence-corrected chi connectivity index (χ1v) is 6.42. The molecule has 0 aliphatic heterocycles. The van der Waals surface area contributed by atoms with E-state index in [0.29, 0.717) is 31.5 Å². The number of nitrogens with two attached hydrogens (primary N) is 1. The Kier molecular flexibility index (Phi) is 4.47. The minimum atomic E-state index is -0.0571. The van der Waals surface area contributed by atoms with Crippen molar-refractivity contribution in [1.29, 1.82) is 0 Å². The Balaban J connectivity index is 2.16. The fraction of sp³-hybridized carbons (Fsp3) is 0.333. The Labute approximate surface area is 112 Å². The van der Waals surface area contributed by atoms with Gasteiger partial charge >= 0.3 is 0 Å². The van der Waals surface area contributed by atoms with Crippen molar-refractivity contribution in [3.63, 3.8) is 0 Å². The summed E-state index contributed by atoms with van der Waals surface area (Å²) in [4.78, 5) is 16.1. The van der Waals surface area contributed by atoms with E-state index in [4.69, 9.17) is 5.73 Å². The van der Waals surface area contributed by atoms with Crippen LogP contribution in [-0.2, 0) is 4.79 Å². The molecule has 0 spiro atoms. The zero-order chi connectivity index (χ0) is 13.7. The van der Waals surface area contributed by atoms with Crippen LogP contribution >= 0.6 is 0 Å². The van der Waals surface area contributed by atoms with Crippen molar-refractivity contribution in [3.05, 3.63) is 47.2 Å². The molecule has 0 aromatic heterocycles. The Hall–Kier alpha value is -1.94. The minimum Gasteiger partial charge on any atom is -0.511 e. The predicted octanol–water partition coefficient (Wildman–Crippen LogP) is 1.97. The maximum Gasteiger partial charge on any atom is 0.168 e. The summed E-state index contributed by atoms with van der Waals surface area (Å²) in [6.45, 7) is 0.900. The van der Waals surface area contributed by atoms with Gasteiger partial charge in [-0.25, -0.2) is 0 Å². The monoisotopic (exact) mass is 258 g/mol. The van der Waals surface area contributed by atoms with Crippen molar-refractivity contribution >= 4 is 12.0 Å². The number of benzene rings is 1. The predicted molar refractivity (Wildman–Crippen MR) is 75.5 cm³/mol. The van der Waals surface area contributed by atoms with Crippen molar-refractivity contribution in [2.45, 2.75) is 18.8 Å². The molecule has 4 heteroatoms. The highest BCUT2D eigenvalue weighted by molar-refractivity contribution is 6.14. The molecule has 1 unspecified atom stereocenters. The van der Waals surface area contributed by atoms with Crippen molar-refractivity contribution in [2.24, 2.45) is 10.7 Å². The topological polar surface area (TPSA) is 75.7 Å². The molecule has 0 saturated carbocycles. The van der Waals surface area contributed by atoms with Crippen molar-refractivity contribution in [1.82, 2.24) is 0 Å². The first-order valence-electron chi connectivity index (χ1n) is 6.42. The lowest BCUT2D eigenvalue weighted by Gasteiger charge is -2.22. The van der Waals surface area contributed by atoms with Crippen molar-refractivity contribution < 1.29 is 9.90 Å². The van der Waals surface area contributed by atoms with Gasteiger partial charge in [0.2, 0.25) is 0 Å². The second kappa shape index (κ2) is 6.29. The van der Waals surface area contributed by atoms with Crippen LogP contribution in [0.4, 0.5) is 0 Å². The molecular weight excluding hydrogens is 240 g/mol. The van der Waals surface area contributed by atoms with Crippen LogP contribution in [0, 0.1) is 0 Å². The van der Waals surface area contributed by atoms with E-state index < -0.39 is 0 Å². The average molecular weight is 258 g/mol. The third-order valence-electron chi connectivity index (χ3n) is 3.23. The average Bonchev–Trinajstić information content (AvgIpc) is 2.43. The van der Waals surface area contributed by atoms with Gasteiger partial charge in [-0.2, -0.15) is 0 Å². The van der Waals surface area contributed by atoms with Crippen molar-refractivity contribution in [3.8, 4) is 0 Å². The highest BCUT2D eigenvalue weighted by atomic mass is 16.3. The number of ketones is 1. The summed E-state index contributed by atoms with van der Waals surface area (Å²) in [5.74, 6) is 0.129. The van der Waals surface area contributed by atoms with Gasteiger partial charge in [-0.05, 0) is 11.5 Å². The van der Waals surface area contributed by atoms with E-state index >= 15 is 0 Å². The number of hydrogen-bond acceptors (Lipinski definition) is 4. The van der Waals surface area contributed by atoms with E-state index in [0.717, 1.165) is 5.56 Å². The summed E-state index contributed by atoms with van der Waals surface area (Å²) in [6, 6.07) is 9.80. The van der Waals surface area contributed by atoms with Gasteiger partial charge in [-0.1, -0.05) is 30.3 Å². The largest absolute Gasteiger partial charge is 0.511 e. The van der Waals surface area contributed by atoms with Crippen LogP contribution in [0.1, 0.15) is 24.3 Å². The number of aliphatic hydroxyl groups excluding tert-OH is 1. The van der Waals surface area contributed by atoms with Crippen LogP contribution in [0.5, 0.6) is 0 Å². The van der Waals surface area contributed by atoms with Crippen LogP contribution in [0.2, 0.25) is 0 Å². The molecule has 2 rings (SSSR count). The molecule has 1 aromatic carbocycles. The van der Waals surface area contributed by atoms with E-state index in [1.165, 1.54) is 6.21 Å². The molecule has 1 atom stereocenters. The normalized spacial score (nSPS) is 20.3. The van der Waals surface area contributed by atoms with Crippen LogP contribution in [0.3, 0.4) is 0 Å². The van der Waals surface area contributed by atoms with Gasteiger partial charge < -0.3 is 10.8 Å². The van der Waals surface area contributed by atoms with E-state index in [9.17, 15) is 9.90 Å². The highest BCUT2D eigenvalue weighted by Gasteiger charge is 2.27. The first kappa shape index (κ1) is 13.5. The SMILES string of the molecule is NCCN=CC1=C(O)CC(c2ccccc2)CC1=O. The van der Waals surface area contributed by atoms with E-state index in [1.807, 2.05) is 30.3 Å². The number of rotatable bonds is 4. The lowest BCUT2D eigenvalue weighted by Crippen LogP contribution is -2.19. The summed E-state index contributed by atoms with van der Waals surface area (Å²) < 4.78 is 0. The molecule has 1 aromatic rings. The van der Waals surface area contributed by atoms with Gasteiger partial charge in [0.05, 0.1) is 12.1 Å². The smallest absolute Gasteiger partial charge is 0.168 e. The summed E-state index contributed by atoms with van der Waals surface area (Å²) in [5.41, 5.74) is 6.75. The minimum absolute atomic E-state index is 0.0559. The molecule has 1 aliphatic rings. The van der Waals surface area contributed by atoms with Crippen LogP contribution in [-0.4, -0.2) is 30.2 Å². The Morgan fingerprint density at radius 3 is 2.68 bits per heavy atom. The Morgan fingerprint density at radius 1 is 1.32 bits per heavy atom. The van der Waals surface area contributed by atoms with Gasteiger partial charge in [-0.3, -0.25) is 9.79 Å². The number of nitrogens with zero attached hydrogens (tertiary/aromatic N) is 1. The Bertz CT molecular complexity index is 506. The number of aliphatic hydroxyl groups is 1. The zero-order valence-electron chi connectivity index (χ0n) is 10.7. The number of allylic oxidation sites excluding steroid dienone is 2. The fourth-order valence-corrected chi connectivity index (χ4v) is 2.25. The second-order valence-electron chi connectivity index (χ2n) is 4.62. The third kappa shape index (κ3) is 3.29. The standard InChI is InChI=1S/C15H18N2O2/c16-6-7-17-10-13-14(18)8-12(9-15(13)19)11-4-2-1-3-5-11/h1-5,10,12,18H,6-9,16H2. The molecule has 19 heavy (non-hydrogen) atoms. The summed E-state index contributed by atoms with van der Waals surface area (Å²) in [6.07, 6.45) is 2.35. The third-order valence-corrected chi connectivity index (χ3v) is 3.23. The Morgan fingerprint density at radius 2 is 2.05 bits per heavy atom. The van der Waals surface area contributed by atoms with Gasteiger partial charge in [0.25, 0.3) is 0 Å². The van der Waals surface area contributed by atoms with Crippen LogP contribution in [0.15, 0.2) is 46.7 Å². The number of carbonyl (C=O) groups is 1. The lowest BCUT2D eigenvalue weighted by molar-refractivity contribution is -0.116. The number of aliphatic imine (C=N–C) groups is 1. The maximum absolute atomic E-state index is 12.0. The molecule has 0 amide bonds. The van der Waals surface area contributed by atoms with E-state index in [-0.39, 0.29) is 17.5 Å². The number of hydrogen-bond donors (Lipinski definition) is 2. The number of Topliss-reactive ketones (excluding diaryl/α,β-unsaturated/α-hetero) is 1. The molecule has 1 aliphatic carbocycles. The highest BCUT2D eigenvalue weighted by Crippen LogP contribution is 2.32. The molecule has 100 valence electrons. The second-order valence-corrected chi connectivity index (χ2v) is 4.62. The molecule has 0 bridgehead atoms. The maximum atomic E-state index is 12.0. The molecule has 0 heterocycles. The van der Waals surface area contributed by atoms with Gasteiger partial charge in [0, 0.05) is 25.6 Å². The van der Waals surface area contributed by atoms with E-state index in [2.05, 4.69) is 4.99 Å².